The van der Waals surface area contributed by atoms with Gasteiger partial charge in [-0.25, -0.2) is 4.79 Å². The Hall–Kier alpha value is -2.03. The molecule has 114 valence electrons. The minimum absolute atomic E-state index is 0.307. The third kappa shape index (κ3) is 5.46. The van der Waals surface area contributed by atoms with E-state index in [-0.39, 0.29) is 5.97 Å². The first-order valence-electron chi connectivity index (χ1n) is 7.33. The van der Waals surface area contributed by atoms with Crippen LogP contribution in [0.25, 0.3) is 5.57 Å². The van der Waals surface area contributed by atoms with Gasteiger partial charge in [-0.05, 0) is 48.6 Å². The molecule has 0 atom stereocenters. The Kier molecular flexibility index (Phi) is 7.30. The summed E-state index contributed by atoms with van der Waals surface area (Å²) in [7, 11) is 1.64. The number of carbonyl (C=O) groups is 1. The first kappa shape index (κ1) is 17.0. The van der Waals surface area contributed by atoms with Gasteiger partial charge in [0.2, 0.25) is 0 Å². The predicted molar refractivity (Wildman–Crippen MR) is 86.3 cm³/mol. The van der Waals surface area contributed by atoms with Gasteiger partial charge >= 0.3 is 5.97 Å². The summed E-state index contributed by atoms with van der Waals surface area (Å²) in [6.07, 6.45) is 4.46. The summed E-state index contributed by atoms with van der Waals surface area (Å²) in [4.78, 5) is 11.7. The van der Waals surface area contributed by atoms with Crippen LogP contribution in [0, 0.1) is 0 Å². The summed E-state index contributed by atoms with van der Waals surface area (Å²) < 4.78 is 10.2. The molecule has 1 rings (SSSR count). The van der Waals surface area contributed by atoms with Crippen LogP contribution in [0.5, 0.6) is 5.75 Å². The summed E-state index contributed by atoms with van der Waals surface area (Å²) in [5, 5.41) is 0. The number of unbranched alkanes of at least 4 members (excludes halogenated alkanes) is 1. The van der Waals surface area contributed by atoms with Gasteiger partial charge in [-0.2, -0.15) is 0 Å². The van der Waals surface area contributed by atoms with Crippen molar-refractivity contribution in [3.05, 3.63) is 48.1 Å². The second-order valence-electron chi connectivity index (χ2n) is 4.73. The molecule has 0 aliphatic rings. The first-order chi connectivity index (χ1) is 10.1. The van der Waals surface area contributed by atoms with Gasteiger partial charge in [-0.1, -0.05) is 32.1 Å². The number of hydrogen-bond acceptors (Lipinski definition) is 3. The zero-order valence-electron chi connectivity index (χ0n) is 13.1. The SMILES string of the molecule is C=C(/C(=C/C(=O)OCC)CCCC)c1ccc(OC)cc1. The number of ether oxygens (including phenoxy) is 2. The lowest BCUT2D eigenvalue weighted by molar-refractivity contribution is -0.137. The van der Waals surface area contributed by atoms with E-state index in [0.717, 1.165) is 41.7 Å². The number of hydrogen-bond donors (Lipinski definition) is 0. The van der Waals surface area contributed by atoms with E-state index < -0.39 is 0 Å². The fourth-order valence-electron chi connectivity index (χ4n) is 1.98. The van der Waals surface area contributed by atoms with Crippen LogP contribution < -0.4 is 4.74 Å². The van der Waals surface area contributed by atoms with Crippen LogP contribution in [0.4, 0.5) is 0 Å². The van der Waals surface area contributed by atoms with Crippen LogP contribution in [0.1, 0.15) is 38.7 Å². The smallest absolute Gasteiger partial charge is 0.331 e. The van der Waals surface area contributed by atoms with Crippen LogP contribution in [-0.2, 0) is 9.53 Å². The largest absolute Gasteiger partial charge is 0.497 e. The fourth-order valence-corrected chi connectivity index (χ4v) is 1.98. The van der Waals surface area contributed by atoms with Gasteiger partial charge in [0.05, 0.1) is 13.7 Å². The molecule has 0 aliphatic carbocycles. The number of benzene rings is 1. The van der Waals surface area contributed by atoms with Crippen molar-refractivity contribution in [2.45, 2.75) is 33.1 Å². The molecular formula is C18H24O3. The Morgan fingerprint density at radius 3 is 2.43 bits per heavy atom. The number of methoxy groups -OCH3 is 1. The molecule has 0 amide bonds. The average molecular weight is 288 g/mol. The monoisotopic (exact) mass is 288 g/mol. The highest BCUT2D eigenvalue weighted by Crippen LogP contribution is 2.27. The van der Waals surface area contributed by atoms with Gasteiger partial charge in [0, 0.05) is 6.08 Å². The normalized spacial score (nSPS) is 11.1. The molecule has 0 fully saturated rings. The number of rotatable bonds is 8. The van der Waals surface area contributed by atoms with Crippen molar-refractivity contribution < 1.29 is 14.3 Å². The molecule has 0 spiro atoms. The van der Waals surface area contributed by atoms with E-state index in [4.69, 9.17) is 9.47 Å². The van der Waals surface area contributed by atoms with Crippen LogP contribution in [-0.4, -0.2) is 19.7 Å². The molecule has 1 aromatic carbocycles. The highest BCUT2D eigenvalue weighted by Gasteiger charge is 2.09. The molecule has 0 bridgehead atoms. The van der Waals surface area contributed by atoms with E-state index in [0.29, 0.717) is 6.61 Å². The standard InChI is InChI=1S/C18H24O3/c1-5-7-8-16(13-18(19)21-6-2)14(3)15-9-11-17(20-4)12-10-15/h9-13H,3,5-8H2,1-2,4H3/b16-13+. The van der Waals surface area contributed by atoms with E-state index in [9.17, 15) is 4.79 Å². The molecule has 1 aromatic rings. The van der Waals surface area contributed by atoms with Crippen LogP contribution >= 0.6 is 0 Å². The lowest BCUT2D eigenvalue weighted by Crippen LogP contribution is -2.02. The molecule has 21 heavy (non-hydrogen) atoms. The summed E-state index contributed by atoms with van der Waals surface area (Å²) in [5.41, 5.74) is 2.78. The molecule has 0 aromatic heterocycles. The Morgan fingerprint density at radius 2 is 1.90 bits per heavy atom. The Morgan fingerprint density at radius 1 is 1.24 bits per heavy atom. The summed E-state index contributed by atoms with van der Waals surface area (Å²) in [5.74, 6) is 0.495. The third-order valence-corrected chi connectivity index (χ3v) is 3.20. The molecule has 0 N–H and O–H groups in total. The van der Waals surface area contributed by atoms with Gasteiger partial charge in [0.1, 0.15) is 5.75 Å². The summed E-state index contributed by atoms with van der Waals surface area (Å²) in [6, 6.07) is 7.68. The summed E-state index contributed by atoms with van der Waals surface area (Å²) in [6.45, 7) is 8.43. The molecule has 0 radical (unpaired) electrons. The van der Waals surface area contributed by atoms with Gasteiger partial charge in [0.15, 0.2) is 0 Å². The molecule has 0 aliphatic heterocycles. The van der Waals surface area contributed by atoms with Crippen LogP contribution in [0.15, 0.2) is 42.5 Å². The fraction of sp³-hybridized carbons (Fsp3) is 0.389. The van der Waals surface area contributed by atoms with Crippen molar-refractivity contribution in [2.75, 3.05) is 13.7 Å². The van der Waals surface area contributed by atoms with E-state index in [1.807, 2.05) is 24.3 Å². The van der Waals surface area contributed by atoms with Gasteiger partial charge in [-0.15, -0.1) is 0 Å². The van der Waals surface area contributed by atoms with Crippen molar-refractivity contribution in [1.29, 1.82) is 0 Å². The second kappa shape index (κ2) is 9.01. The average Bonchev–Trinajstić information content (AvgIpc) is 2.51. The first-order valence-corrected chi connectivity index (χ1v) is 7.33. The molecule has 0 heterocycles. The highest BCUT2D eigenvalue weighted by molar-refractivity contribution is 5.89. The summed E-state index contributed by atoms with van der Waals surface area (Å²) >= 11 is 0. The third-order valence-electron chi connectivity index (χ3n) is 3.20. The molecule has 3 heteroatoms. The maximum atomic E-state index is 11.7. The minimum Gasteiger partial charge on any atom is -0.497 e. The lowest BCUT2D eigenvalue weighted by Gasteiger charge is -2.11. The van der Waals surface area contributed by atoms with E-state index >= 15 is 0 Å². The van der Waals surface area contributed by atoms with Gasteiger partial charge in [-0.3, -0.25) is 0 Å². The zero-order valence-corrected chi connectivity index (χ0v) is 13.1. The zero-order chi connectivity index (χ0) is 15.7. The van der Waals surface area contributed by atoms with Gasteiger partial charge in [0.25, 0.3) is 0 Å². The highest BCUT2D eigenvalue weighted by atomic mass is 16.5. The molecular weight excluding hydrogens is 264 g/mol. The van der Waals surface area contributed by atoms with Crippen molar-refractivity contribution in [1.82, 2.24) is 0 Å². The quantitative estimate of drug-likeness (QED) is 0.404. The maximum Gasteiger partial charge on any atom is 0.331 e. The van der Waals surface area contributed by atoms with Crippen LogP contribution in [0.3, 0.4) is 0 Å². The van der Waals surface area contributed by atoms with Crippen molar-refractivity contribution in [2.24, 2.45) is 0 Å². The van der Waals surface area contributed by atoms with E-state index in [2.05, 4.69) is 13.5 Å². The molecule has 3 nitrogen and oxygen atoms in total. The maximum absolute atomic E-state index is 11.7. The topological polar surface area (TPSA) is 35.5 Å². The number of allylic oxidation sites excluding steroid dienone is 2. The minimum atomic E-state index is -0.307. The Balaban J connectivity index is 2.94. The lowest BCUT2D eigenvalue weighted by atomic mass is 9.95. The predicted octanol–water partition coefficient (Wildman–Crippen LogP) is 4.39. The van der Waals surface area contributed by atoms with Crippen molar-refractivity contribution >= 4 is 11.5 Å². The van der Waals surface area contributed by atoms with Crippen molar-refractivity contribution in [3.63, 3.8) is 0 Å². The van der Waals surface area contributed by atoms with Gasteiger partial charge < -0.3 is 9.47 Å². The van der Waals surface area contributed by atoms with Crippen LogP contribution in [0.2, 0.25) is 0 Å². The Labute approximate surface area is 127 Å². The van der Waals surface area contributed by atoms with E-state index in [1.54, 1.807) is 20.1 Å². The number of carbonyl (C=O) groups excluding carboxylic acids is 1. The number of esters is 1. The van der Waals surface area contributed by atoms with Crippen molar-refractivity contribution in [3.8, 4) is 5.75 Å². The Bertz CT molecular complexity index is 498. The molecule has 0 saturated heterocycles. The molecule has 0 unspecified atom stereocenters. The molecule has 0 saturated carbocycles. The van der Waals surface area contributed by atoms with E-state index in [1.165, 1.54) is 0 Å². The second-order valence-corrected chi connectivity index (χ2v) is 4.73.